The molecule has 3 aliphatic carbocycles. The van der Waals surface area contributed by atoms with Crippen LogP contribution in [0.3, 0.4) is 0 Å². The van der Waals surface area contributed by atoms with E-state index >= 15 is 0 Å². The highest BCUT2D eigenvalue weighted by Crippen LogP contribution is 2.61. The van der Waals surface area contributed by atoms with Crippen molar-refractivity contribution in [1.29, 1.82) is 0 Å². The van der Waals surface area contributed by atoms with Gasteiger partial charge in [-0.2, -0.15) is 0 Å². The summed E-state index contributed by atoms with van der Waals surface area (Å²) in [6, 6.07) is 0. The Morgan fingerprint density at radius 2 is 1.59 bits per heavy atom. The van der Waals surface area contributed by atoms with E-state index in [0.29, 0.717) is 0 Å². The van der Waals surface area contributed by atoms with E-state index in [4.69, 9.17) is 0 Å². The number of rotatable bonds is 2. The molecule has 3 saturated carbocycles. The molecule has 3 fully saturated rings. The Kier molecular flexibility index (Phi) is 3.26. The second-order valence-corrected chi connectivity index (χ2v) is 7.18. The largest absolute Gasteiger partial charge is 0.0648 e. The third-order valence-electron chi connectivity index (χ3n) is 7.00. The SMILES string of the molecule is CCC1(CC)CCCC2C3CCCCC3CC21. The van der Waals surface area contributed by atoms with Crippen LogP contribution in [-0.2, 0) is 0 Å². The van der Waals surface area contributed by atoms with Crippen molar-refractivity contribution < 1.29 is 0 Å². The molecule has 4 unspecified atom stereocenters. The maximum atomic E-state index is 2.47. The van der Waals surface area contributed by atoms with E-state index < -0.39 is 0 Å². The summed E-state index contributed by atoms with van der Waals surface area (Å²) >= 11 is 0. The van der Waals surface area contributed by atoms with Crippen molar-refractivity contribution in [1.82, 2.24) is 0 Å². The van der Waals surface area contributed by atoms with Crippen LogP contribution in [0.2, 0.25) is 0 Å². The fourth-order valence-corrected chi connectivity index (χ4v) is 6.01. The Hall–Kier alpha value is 0. The number of hydrogen-bond donors (Lipinski definition) is 0. The molecule has 0 N–H and O–H groups in total. The average molecular weight is 234 g/mol. The molecule has 4 atom stereocenters. The van der Waals surface area contributed by atoms with Gasteiger partial charge in [-0.05, 0) is 54.8 Å². The maximum absolute atomic E-state index is 2.47. The van der Waals surface area contributed by atoms with E-state index in [-0.39, 0.29) is 0 Å². The quantitative estimate of drug-likeness (QED) is 0.598. The highest BCUT2D eigenvalue weighted by atomic mass is 14.6. The monoisotopic (exact) mass is 234 g/mol. The molecule has 3 rings (SSSR count). The van der Waals surface area contributed by atoms with Crippen LogP contribution in [0, 0.1) is 29.1 Å². The lowest BCUT2D eigenvalue weighted by Gasteiger charge is -2.46. The van der Waals surface area contributed by atoms with Crippen molar-refractivity contribution in [2.75, 3.05) is 0 Å². The fraction of sp³-hybridized carbons (Fsp3) is 1.00. The summed E-state index contributed by atoms with van der Waals surface area (Å²) in [4.78, 5) is 0. The molecule has 0 aromatic rings. The molecule has 17 heavy (non-hydrogen) atoms. The molecule has 0 nitrogen and oxygen atoms in total. The lowest BCUT2D eigenvalue weighted by Crippen LogP contribution is -2.37. The zero-order valence-electron chi connectivity index (χ0n) is 11.9. The van der Waals surface area contributed by atoms with Gasteiger partial charge < -0.3 is 0 Å². The summed E-state index contributed by atoms with van der Waals surface area (Å²) in [6.07, 6.45) is 15.4. The first-order valence-corrected chi connectivity index (χ1v) is 8.30. The Morgan fingerprint density at radius 1 is 0.882 bits per heavy atom. The van der Waals surface area contributed by atoms with E-state index in [0.717, 1.165) is 29.1 Å². The molecule has 0 amide bonds. The molecule has 0 saturated heterocycles. The predicted octanol–water partition coefficient (Wildman–Crippen LogP) is 5.42. The van der Waals surface area contributed by atoms with Gasteiger partial charge in [-0.15, -0.1) is 0 Å². The number of hydrogen-bond acceptors (Lipinski definition) is 0. The predicted molar refractivity (Wildman–Crippen MR) is 73.9 cm³/mol. The maximum Gasteiger partial charge on any atom is -0.0272 e. The zero-order valence-corrected chi connectivity index (χ0v) is 11.9. The minimum atomic E-state index is 0.750. The summed E-state index contributed by atoms with van der Waals surface area (Å²) in [5.74, 6) is 4.52. The van der Waals surface area contributed by atoms with Gasteiger partial charge in [0.1, 0.15) is 0 Å². The van der Waals surface area contributed by atoms with Crippen molar-refractivity contribution >= 4 is 0 Å². The van der Waals surface area contributed by atoms with Crippen molar-refractivity contribution in [3.63, 3.8) is 0 Å². The van der Waals surface area contributed by atoms with Crippen molar-refractivity contribution in [2.24, 2.45) is 29.1 Å². The van der Waals surface area contributed by atoms with Crippen LogP contribution in [0.4, 0.5) is 0 Å². The summed E-state index contributed by atoms with van der Waals surface area (Å²) in [6.45, 7) is 4.93. The normalized spacial score (nSPS) is 44.1. The summed E-state index contributed by atoms with van der Waals surface area (Å²) in [5.41, 5.74) is 0.750. The molecule has 0 aliphatic heterocycles. The van der Waals surface area contributed by atoms with Crippen LogP contribution in [0.5, 0.6) is 0 Å². The first kappa shape index (κ1) is 12.1. The zero-order chi connectivity index (χ0) is 11.9. The Labute approximate surface area is 108 Å². The molecule has 0 bridgehead atoms. The van der Waals surface area contributed by atoms with E-state index in [1.165, 1.54) is 32.1 Å². The second kappa shape index (κ2) is 4.59. The standard InChI is InChI=1S/C17H30/c1-3-17(4-2)11-7-10-15-14-9-6-5-8-13(14)12-16(15)17/h13-16H,3-12H2,1-2H3. The lowest BCUT2D eigenvalue weighted by atomic mass is 9.59. The molecule has 98 valence electrons. The third-order valence-corrected chi connectivity index (χ3v) is 7.00. The minimum Gasteiger partial charge on any atom is -0.0648 e. The van der Waals surface area contributed by atoms with E-state index in [9.17, 15) is 0 Å². The Bertz CT molecular complexity index is 263. The summed E-state index contributed by atoms with van der Waals surface area (Å²) in [7, 11) is 0. The molecule has 0 aromatic carbocycles. The average Bonchev–Trinajstić information content (AvgIpc) is 2.77. The molecular weight excluding hydrogens is 204 g/mol. The van der Waals surface area contributed by atoms with Gasteiger partial charge in [0.25, 0.3) is 0 Å². The van der Waals surface area contributed by atoms with Gasteiger partial charge >= 0.3 is 0 Å². The van der Waals surface area contributed by atoms with Gasteiger partial charge in [0.15, 0.2) is 0 Å². The number of fused-ring (bicyclic) bond motifs is 3. The van der Waals surface area contributed by atoms with Gasteiger partial charge in [-0.3, -0.25) is 0 Å². The van der Waals surface area contributed by atoms with Gasteiger partial charge in [-0.1, -0.05) is 52.4 Å². The smallest absolute Gasteiger partial charge is 0.0272 e. The first-order valence-electron chi connectivity index (χ1n) is 8.30. The van der Waals surface area contributed by atoms with Crippen LogP contribution in [0.1, 0.15) is 78.1 Å². The van der Waals surface area contributed by atoms with Crippen LogP contribution < -0.4 is 0 Å². The van der Waals surface area contributed by atoms with Crippen LogP contribution in [0.25, 0.3) is 0 Å². The van der Waals surface area contributed by atoms with Gasteiger partial charge in [-0.25, -0.2) is 0 Å². The van der Waals surface area contributed by atoms with Gasteiger partial charge in [0.05, 0.1) is 0 Å². The molecule has 0 spiro atoms. The molecule has 3 aliphatic rings. The van der Waals surface area contributed by atoms with E-state index in [2.05, 4.69) is 13.8 Å². The second-order valence-electron chi connectivity index (χ2n) is 7.18. The van der Waals surface area contributed by atoms with E-state index in [1.54, 1.807) is 32.1 Å². The third kappa shape index (κ3) is 1.78. The van der Waals surface area contributed by atoms with Crippen LogP contribution >= 0.6 is 0 Å². The highest BCUT2D eigenvalue weighted by Gasteiger charge is 2.52. The van der Waals surface area contributed by atoms with Crippen molar-refractivity contribution in [3.05, 3.63) is 0 Å². The molecule has 0 heterocycles. The van der Waals surface area contributed by atoms with Crippen molar-refractivity contribution in [3.8, 4) is 0 Å². The molecule has 0 aromatic heterocycles. The minimum absolute atomic E-state index is 0.750. The summed E-state index contributed by atoms with van der Waals surface area (Å²) < 4.78 is 0. The molecular formula is C17H30. The van der Waals surface area contributed by atoms with Crippen LogP contribution in [0.15, 0.2) is 0 Å². The Morgan fingerprint density at radius 3 is 2.35 bits per heavy atom. The van der Waals surface area contributed by atoms with Crippen molar-refractivity contribution in [2.45, 2.75) is 78.1 Å². The van der Waals surface area contributed by atoms with E-state index in [1.807, 2.05) is 0 Å². The Balaban J connectivity index is 1.84. The lowest BCUT2D eigenvalue weighted by molar-refractivity contribution is 0.0367. The fourth-order valence-electron chi connectivity index (χ4n) is 6.01. The summed E-state index contributed by atoms with van der Waals surface area (Å²) in [5, 5.41) is 0. The molecule has 0 radical (unpaired) electrons. The van der Waals surface area contributed by atoms with Crippen LogP contribution in [-0.4, -0.2) is 0 Å². The highest BCUT2D eigenvalue weighted by molar-refractivity contribution is 5.02. The van der Waals surface area contributed by atoms with Gasteiger partial charge in [0, 0.05) is 0 Å². The topological polar surface area (TPSA) is 0 Å². The first-order chi connectivity index (χ1) is 8.30. The molecule has 0 heteroatoms. The van der Waals surface area contributed by atoms with Gasteiger partial charge in [0.2, 0.25) is 0 Å².